The van der Waals surface area contributed by atoms with Crippen LogP contribution in [0.3, 0.4) is 0 Å². The number of nitrogens with two attached hydrogens (primary N) is 1. The topological polar surface area (TPSA) is 142 Å². The molecule has 0 aliphatic heterocycles. The molecule has 0 spiro atoms. The van der Waals surface area contributed by atoms with E-state index < -0.39 is 30.4 Å². The van der Waals surface area contributed by atoms with Crippen LogP contribution in [-0.4, -0.2) is 37.0 Å². The lowest BCUT2D eigenvalue weighted by molar-refractivity contribution is -0.145. The molecule has 2 heterocycles. The maximum absolute atomic E-state index is 13.3. The van der Waals surface area contributed by atoms with Gasteiger partial charge in [0.2, 0.25) is 5.89 Å². The molecule has 0 radical (unpaired) electrons. The summed E-state index contributed by atoms with van der Waals surface area (Å²) >= 11 is 12.3. The predicted octanol–water partition coefficient (Wildman–Crippen LogP) is 4.36. The molecule has 2 aromatic heterocycles. The smallest absolute Gasteiger partial charge is 0.438 e. The molecule has 0 atom stereocenters. The van der Waals surface area contributed by atoms with Crippen molar-refractivity contribution < 1.29 is 27.2 Å². The van der Waals surface area contributed by atoms with Gasteiger partial charge in [0.15, 0.2) is 11.5 Å². The first-order valence-corrected chi connectivity index (χ1v) is 10.7. The highest BCUT2D eigenvalue weighted by molar-refractivity contribution is 6.33. The number of primary amides is 1. The van der Waals surface area contributed by atoms with E-state index in [1.165, 1.54) is 12.1 Å². The summed E-state index contributed by atoms with van der Waals surface area (Å²) in [6.07, 6.45) is -4.79. The van der Waals surface area contributed by atoms with E-state index in [9.17, 15) is 22.8 Å². The highest BCUT2D eigenvalue weighted by Crippen LogP contribution is 2.33. The third-order valence-electron chi connectivity index (χ3n) is 4.79. The van der Waals surface area contributed by atoms with Gasteiger partial charge in [-0.15, -0.1) is 10.2 Å². The van der Waals surface area contributed by atoms with Crippen LogP contribution in [0, 0.1) is 6.92 Å². The van der Waals surface area contributed by atoms with Crippen molar-refractivity contribution in [1.29, 1.82) is 0 Å². The molecule has 0 saturated carbocycles. The lowest BCUT2D eigenvalue weighted by atomic mass is 10.1. The first kappa shape index (κ1) is 25.1. The largest absolute Gasteiger partial charge is 0.455 e. The summed E-state index contributed by atoms with van der Waals surface area (Å²) in [5.74, 6) is -3.37. The summed E-state index contributed by atoms with van der Waals surface area (Å²) in [7, 11) is 0. The SMILES string of the molecule is Cc1cc(Cl)cc(C(N)=O)c1NC(=O)c1nc(Cn2nnc(C(F)(F)F)n2)oc1-c1ccccc1Cl. The molecule has 36 heavy (non-hydrogen) atoms. The second kappa shape index (κ2) is 9.59. The average Bonchev–Trinajstić information content (AvgIpc) is 3.43. The minimum Gasteiger partial charge on any atom is -0.438 e. The highest BCUT2D eigenvalue weighted by atomic mass is 35.5. The van der Waals surface area contributed by atoms with Gasteiger partial charge in [-0.3, -0.25) is 9.59 Å². The second-order valence-electron chi connectivity index (χ2n) is 7.37. The van der Waals surface area contributed by atoms with Crippen molar-refractivity contribution in [2.45, 2.75) is 19.6 Å². The maximum Gasteiger partial charge on any atom is 0.455 e. The van der Waals surface area contributed by atoms with E-state index in [4.69, 9.17) is 33.4 Å². The van der Waals surface area contributed by atoms with E-state index in [0.717, 1.165) is 0 Å². The molecule has 2 aromatic carbocycles. The van der Waals surface area contributed by atoms with Crippen molar-refractivity contribution in [1.82, 2.24) is 25.2 Å². The molecule has 10 nitrogen and oxygen atoms in total. The molecular formula is C21H14Cl2F3N7O3. The average molecular weight is 540 g/mol. The third kappa shape index (κ3) is 5.16. The summed E-state index contributed by atoms with van der Waals surface area (Å²) < 4.78 is 44.1. The van der Waals surface area contributed by atoms with E-state index in [-0.39, 0.29) is 44.2 Å². The highest BCUT2D eigenvalue weighted by Gasteiger charge is 2.37. The molecule has 0 aliphatic rings. The number of anilines is 1. The number of nitrogens with one attached hydrogen (secondary N) is 1. The number of hydrogen-bond acceptors (Lipinski definition) is 7. The van der Waals surface area contributed by atoms with Gasteiger partial charge >= 0.3 is 6.18 Å². The fourth-order valence-corrected chi connectivity index (χ4v) is 3.73. The number of amides is 2. The van der Waals surface area contributed by atoms with Crippen molar-refractivity contribution in [3.05, 3.63) is 75.0 Å². The Balaban J connectivity index is 1.75. The quantitative estimate of drug-likeness (QED) is 0.370. The molecule has 0 bridgehead atoms. The van der Waals surface area contributed by atoms with Crippen molar-refractivity contribution in [2.24, 2.45) is 5.73 Å². The van der Waals surface area contributed by atoms with Crippen LogP contribution in [0.25, 0.3) is 11.3 Å². The standard InChI is InChI=1S/C21H14Cl2F3N7O3/c1-9-6-10(22)7-12(18(27)34)15(9)29-19(35)16-17(11-4-2-3-5-13(11)23)36-14(28-16)8-33-31-20(30-32-33)21(24,25)26/h2-7H,8H2,1H3,(H2,27,34)(H,29,35). The van der Waals surface area contributed by atoms with Crippen LogP contribution in [0.2, 0.25) is 10.0 Å². The van der Waals surface area contributed by atoms with E-state index in [1.54, 1.807) is 31.2 Å². The monoisotopic (exact) mass is 539 g/mol. The van der Waals surface area contributed by atoms with Gasteiger partial charge in [-0.25, -0.2) is 4.98 Å². The summed E-state index contributed by atoms with van der Waals surface area (Å²) in [4.78, 5) is 29.9. The summed E-state index contributed by atoms with van der Waals surface area (Å²) in [5.41, 5.74) is 5.95. The van der Waals surface area contributed by atoms with Gasteiger partial charge in [0.25, 0.3) is 17.6 Å². The number of oxazole rings is 1. The minimum absolute atomic E-state index is 0.0390. The van der Waals surface area contributed by atoms with Crippen molar-refractivity contribution in [2.75, 3.05) is 5.32 Å². The number of alkyl halides is 3. The maximum atomic E-state index is 13.3. The Labute approximate surface area is 210 Å². The number of carbonyl (C=O) groups excluding carboxylic acids is 2. The number of halogens is 5. The molecule has 15 heteroatoms. The number of hydrogen-bond donors (Lipinski definition) is 2. The van der Waals surface area contributed by atoms with Crippen LogP contribution in [0.15, 0.2) is 40.8 Å². The molecule has 186 valence electrons. The Morgan fingerprint density at radius 2 is 1.92 bits per heavy atom. The van der Waals surface area contributed by atoms with Crippen LogP contribution in [0.4, 0.5) is 18.9 Å². The lowest BCUT2D eigenvalue weighted by Gasteiger charge is -2.12. The molecule has 0 saturated heterocycles. The zero-order chi connectivity index (χ0) is 26.2. The van der Waals surface area contributed by atoms with Crippen molar-refractivity contribution in [3.63, 3.8) is 0 Å². The number of nitrogens with zero attached hydrogens (tertiary/aromatic N) is 5. The lowest BCUT2D eigenvalue weighted by Crippen LogP contribution is -2.20. The Bertz CT molecular complexity index is 1480. The van der Waals surface area contributed by atoms with Crippen LogP contribution in [0.1, 0.15) is 38.1 Å². The van der Waals surface area contributed by atoms with E-state index >= 15 is 0 Å². The Morgan fingerprint density at radius 1 is 1.19 bits per heavy atom. The second-order valence-corrected chi connectivity index (χ2v) is 8.21. The Hall–Kier alpha value is -3.97. The molecule has 0 aliphatic carbocycles. The van der Waals surface area contributed by atoms with Gasteiger partial charge in [0.05, 0.1) is 16.3 Å². The van der Waals surface area contributed by atoms with E-state index in [2.05, 4.69) is 25.7 Å². The number of aromatic nitrogens is 5. The van der Waals surface area contributed by atoms with Crippen LogP contribution >= 0.6 is 23.2 Å². The molecule has 3 N–H and O–H groups in total. The van der Waals surface area contributed by atoms with Gasteiger partial charge < -0.3 is 15.5 Å². The van der Waals surface area contributed by atoms with Crippen LogP contribution < -0.4 is 11.1 Å². The number of tetrazole rings is 1. The van der Waals surface area contributed by atoms with Gasteiger partial charge in [-0.2, -0.15) is 18.0 Å². The number of rotatable bonds is 6. The third-order valence-corrected chi connectivity index (χ3v) is 5.34. The van der Waals surface area contributed by atoms with Gasteiger partial charge in [-0.05, 0) is 42.0 Å². The van der Waals surface area contributed by atoms with Gasteiger partial charge in [0, 0.05) is 10.6 Å². The summed E-state index contributed by atoms with van der Waals surface area (Å²) in [6.45, 7) is 1.13. The molecule has 4 rings (SSSR count). The molecule has 4 aromatic rings. The zero-order valence-corrected chi connectivity index (χ0v) is 19.6. The number of benzene rings is 2. The molecule has 0 fully saturated rings. The first-order chi connectivity index (χ1) is 16.9. The van der Waals surface area contributed by atoms with E-state index in [0.29, 0.717) is 10.4 Å². The zero-order valence-electron chi connectivity index (χ0n) is 18.1. The minimum atomic E-state index is -4.79. The van der Waals surface area contributed by atoms with E-state index in [1.807, 2.05) is 0 Å². The predicted molar refractivity (Wildman–Crippen MR) is 122 cm³/mol. The summed E-state index contributed by atoms with van der Waals surface area (Å²) in [5, 5.41) is 12.6. The van der Waals surface area contributed by atoms with Gasteiger partial charge in [0.1, 0.15) is 6.54 Å². The summed E-state index contributed by atoms with van der Waals surface area (Å²) in [6, 6.07) is 9.20. The Kier molecular flexibility index (Phi) is 6.69. The van der Waals surface area contributed by atoms with Crippen LogP contribution in [-0.2, 0) is 12.7 Å². The van der Waals surface area contributed by atoms with Crippen molar-refractivity contribution in [3.8, 4) is 11.3 Å². The fraction of sp³-hybridized carbons (Fsp3) is 0.143. The van der Waals surface area contributed by atoms with Gasteiger partial charge in [-0.1, -0.05) is 35.3 Å². The molecule has 0 unspecified atom stereocenters. The van der Waals surface area contributed by atoms with Crippen molar-refractivity contribution >= 4 is 40.7 Å². The normalized spacial score (nSPS) is 11.5. The number of carbonyl (C=O) groups is 2. The fourth-order valence-electron chi connectivity index (χ4n) is 3.23. The molecular weight excluding hydrogens is 526 g/mol. The number of aryl methyl sites for hydroxylation is 1. The molecule has 2 amide bonds. The van der Waals surface area contributed by atoms with Crippen LogP contribution in [0.5, 0.6) is 0 Å². The first-order valence-electron chi connectivity index (χ1n) is 9.95. The Morgan fingerprint density at radius 3 is 2.56 bits per heavy atom.